The van der Waals surface area contributed by atoms with Gasteiger partial charge in [0, 0.05) is 10.4 Å². The van der Waals surface area contributed by atoms with Crippen LogP contribution in [0.5, 0.6) is 0 Å². The third kappa shape index (κ3) is 2.36. The normalized spacial score (nSPS) is 18.9. The van der Waals surface area contributed by atoms with E-state index in [4.69, 9.17) is 11.6 Å². The third-order valence-electron chi connectivity index (χ3n) is 4.55. The van der Waals surface area contributed by atoms with Gasteiger partial charge in [-0.25, -0.2) is 0 Å². The van der Waals surface area contributed by atoms with Crippen LogP contribution in [0.1, 0.15) is 42.9 Å². The van der Waals surface area contributed by atoms with Crippen molar-refractivity contribution < 1.29 is 5.11 Å². The number of aliphatic hydroxyl groups excluding tert-OH is 1. The highest BCUT2D eigenvalue weighted by atomic mass is 35.5. The van der Waals surface area contributed by atoms with E-state index in [9.17, 15) is 5.11 Å². The van der Waals surface area contributed by atoms with E-state index in [0.717, 1.165) is 18.4 Å². The molecule has 0 aromatic heterocycles. The molecule has 1 N–H and O–H groups in total. The Bertz CT molecular complexity index is 556. The van der Waals surface area contributed by atoms with Crippen LogP contribution in [0.2, 0.25) is 5.02 Å². The zero-order valence-corrected chi connectivity index (χ0v) is 12.2. The van der Waals surface area contributed by atoms with Gasteiger partial charge in [0.25, 0.3) is 0 Å². The smallest absolute Gasteiger partial charge is 0.0886 e. The third-order valence-corrected chi connectivity index (χ3v) is 4.81. The van der Waals surface area contributed by atoms with Gasteiger partial charge in [-0.05, 0) is 36.1 Å². The molecular weight excluding hydrogens is 268 g/mol. The molecule has 1 fully saturated rings. The molecule has 2 heteroatoms. The monoisotopic (exact) mass is 286 g/mol. The molecule has 0 saturated heterocycles. The van der Waals surface area contributed by atoms with E-state index in [1.165, 1.54) is 18.4 Å². The molecule has 1 unspecified atom stereocenters. The van der Waals surface area contributed by atoms with Gasteiger partial charge in [-0.15, -0.1) is 0 Å². The molecule has 0 heterocycles. The predicted octanol–water partition coefficient (Wildman–Crippen LogP) is 4.89. The Hall–Kier alpha value is -1.31. The fourth-order valence-corrected chi connectivity index (χ4v) is 3.59. The Morgan fingerprint density at radius 2 is 1.50 bits per heavy atom. The van der Waals surface area contributed by atoms with Crippen molar-refractivity contribution in [1.29, 1.82) is 0 Å². The van der Waals surface area contributed by atoms with Gasteiger partial charge in [0.2, 0.25) is 0 Å². The van der Waals surface area contributed by atoms with E-state index in [-0.39, 0.29) is 5.41 Å². The summed E-state index contributed by atoms with van der Waals surface area (Å²) in [6.07, 6.45) is 3.98. The van der Waals surface area contributed by atoms with E-state index in [0.29, 0.717) is 5.02 Å². The van der Waals surface area contributed by atoms with Gasteiger partial charge in [-0.2, -0.15) is 0 Å². The molecule has 2 aromatic carbocycles. The number of halogens is 1. The second-order valence-corrected chi connectivity index (χ2v) is 6.12. The molecule has 1 aliphatic carbocycles. The molecule has 0 radical (unpaired) electrons. The summed E-state index contributed by atoms with van der Waals surface area (Å²) >= 11 is 5.95. The highest BCUT2D eigenvalue weighted by Gasteiger charge is 2.42. The van der Waals surface area contributed by atoms with Gasteiger partial charge in [0.15, 0.2) is 0 Å². The minimum absolute atomic E-state index is 0.144. The second-order valence-electron chi connectivity index (χ2n) is 5.68. The van der Waals surface area contributed by atoms with Crippen molar-refractivity contribution in [2.45, 2.75) is 37.2 Å². The van der Waals surface area contributed by atoms with E-state index in [1.807, 2.05) is 30.3 Å². The summed E-state index contributed by atoms with van der Waals surface area (Å²) in [4.78, 5) is 0. The van der Waals surface area contributed by atoms with Crippen molar-refractivity contribution in [3.05, 3.63) is 70.7 Å². The molecule has 3 rings (SSSR count). The first-order valence-corrected chi connectivity index (χ1v) is 7.59. The average molecular weight is 287 g/mol. The summed E-state index contributed by atoms with van der Waals surface area (Å²) in [6.45, 7) is 0. The van der Waals surface area contributed by atoms with Crippen molar-refractivity contribution in [2.75, 3.05) is 0 Å². The zero-order chi connectivity index (χ0) is 14.0. The summed E-state index contributed by atoms with van der Waals surface area (Å²) in [7, 11) is 0. The van der Waals surface area contributed by atoms with E-state index in [2.05, 4.69) is 24.3 Å². The lowest BCUT2D eigenvalue weighted by molar-refractivity contribution is 0.0822. The molecule has 104 valence electrons. The lowest BCUT2D eigenvalue weighted by Gasteiger charge is -2.35. The van der Waals surface area contributed by atoms with Gasteiger partial charge in [0.1, 0.15) is 0 Å². The summed E-state index contributed by atoms with van der Waals surface area (Å²) in [5, 5.41) is 11.7. The molecule has 2 aromatic rings. The van der Waals surface area contributed by atoms with Crippen LogP contribution in [0, 0.1) is 0 Å². The largest absolute Gasteiger partial charge is 0.387 e. The van der Waals surface area contributed by atoms with Crippen LogP contribution < -0.4 is 0 Å². The van der Waals surface area contributed by atoms with Crippen LogP contribution in [-0.2, 0) is 5.41 Å². The standard InChI is InChI=1S/C18H19ClO/c19-16-10-8-14(9-11-16)17(20)18(12-4-5-13-18)15-6-2-1-3-7-15/h1-3,6-11,17,20H,4-5,12-13H2. The predicted molar refractivity (Wildman–Crippen MR) is 83.0 cm³/mol. The average Bonchev–Trinajstić information content (AvgIpc) is 2.99. The van der Waals surface area contributed by atoms with Crippen molar-refractivity contribution >= 4 is 11.6 Å². The van der Waals surface area contributed by atoms with Crippen LogP contribution in [0.4, 0.5) is 0 Å². The fourth-order valence-electron chi connectivity index (χ4n) is 3.46. The fraction of sp³-hybridized carbons (Fsp3) is 0.333. The molecule has 1 atom stereocenters. The molecule has 1 aliphatic rings. The molecule has 0 bridgehead atoms. The van der Waals surface area contributed by atoms with Crippen molar-refractivity contribution in [3.63, 3.8) is 0 Å². The Kier molecular flexibility index (Phi) is 3.82. The maximum Gasteiger partial charge on any atom is 0.0886 e. The molecule has 0 aliphatic heterocycles. The van der Waals surface area contributed by atoms with Crippen LogP contribution in [0.3, 0.4) is 0 Å². The Morgan fingerprint density at radius 3 is 2.10 bits per heavy atom. The van der Waals surface area contributed by atoms with Crippen LogP contribution in [0.15, 0.2) is 54.6 Å². The van der Waals surface area contributed by atoms with Crippen LogP contribution in [0.25, 0.3) is 0 Å². The number of hydrogen-bond donors (Lipinski definition) is 1. The van der Waals surface area contributed by atoms with E-state index < -0.39 is 6.10 Å². The summed E-state index contributed by atoms with van der Waals surface area (Å²) in [5.41, 5.74) is 2.06. The molecular formula is C18H19ClO. The Morgan fingerprint density at radius 1 is 0.900 bits per heavy atom. The first-order chi connectivity index (χ1) is 9.72. The van der Waals surface area contributed by atoms with Gasteiger partial charge in [0.05, 0.1) is 6.10 Å². The van der Waals surface area contributed by atoms with Crippen molar-refractivity contribution in [2.24, 2.45) is 0 Å². The molecule has 1 saturated carbocycles. The highest BCUT2D eigenvalue weighted by Crippen LogP contribution is 2.49. The Labute approximate surface area is 125 Å². The highest BCUT2D eigenvalue weighted by molar-refractivity contribution is 6.30. The summed E-state index contributed by atoms with van der Waals surface area (Å²) in [5.74, 6) is 0. The minimum Gasteiger partial charge on any atom is -0.387 e. The molecule has 0 spiro atoms. The van der Waals surface area contributed by atoms with Gasteiger partial charge >= 0.3 is 0 Å². The van der Waals surface area contributed by atoms with Crippen LogP contribution in [-0.4, -0.2) is 5.11 Å². The van der Waals surface area contributed by atoms with Crippen molar-refractivity contribution in [1.82, 2.24) is 0 Å². The Balaban J connectivity index is 2.00. The maximum atomic E-state index is 11.0. The van der Waals surface area contributed by atoms with Gasteiger partial charge in [-0.3, -0.25) is 0 Å². The number of benzene rings is 2. The quantitative estimate of drug-likeness (QED) is 0.852. The number of aliphatic hydroxyl groups is 1. The summed E-state index contributed by atoms with van der Waals surface area (Å²) in [6, 6.07) is 18.0. The number of hydrogen-bond acceptors (Lipinski definition) is 1. The van der Waals surface area contributed by atoms with E-state index in [1.54, 1.807) is 0 Å². The lowest BCUT2D eigenvalue weighted by Crippen LogP contribution is -2.30. The SMILES string of the molecule is OC(c1ccc(Cl)cc1)C1(c2ccccc2)CCCC1. The molecule has 0 amide bonds. The molecule has 1 nitrogen and oxygen atoms in total. The van der Waals surface area contributed by atoms with Gasteiger partial charge in [-0.1, -0.05) is 66.9 Å². The molecule has 20 heavy (non-hydrogen) atoms. The first kappa shape index (κ1) is 13.7. The zero-order valence-electron chi connectivity index (χ0n) is 11.4. The van der Waals surface area contributed by atoms with Crippen molar-refractivity contribution in [3.8, 4) is 0 Å². The first-order valence-electron chi connectivity index (χ1n) is 7.21. The maximum absolute atomic E-state index is 11.0. The van der Waals surface area contributed by atoms with E-state index >= 15 is 0 Å². The van der Waals surface area contributed by atoms with Gasteiger partial charge < -0.3 is 5.11 Å². The minimum atomic E-state index is -0.468. The topological polar surface area (TPSA) is 20.2 Å². The lowest BCUT2D eigenvalue weighted by atomic mass is 9.72. The van der Waals surface area contributed by atoms with Crippen LogP contribution >= 0.6 is 11.6 Å². The second kappa shape index (κ2) is 5.59. The summed E-state index contributed by atoms with van der Waals surface area (Å²) < 4.78 is 0. The number of rotatable bonds is 3.